The molecule has 2 rings (SSSR count). The van der Waals surface area contributed by atoms with E-state index >= 15 is 0 Å². The SMILES string of the molecule is CCC(=O)Nc1cccc(NCc2ccccc2)c1C. The van der Waals surface area contributed by atoms with Crippen molar-refractivity contribution in [2.24, 2.45) is 0 Å². The molecule has 104 valence electrons. The van der Waals surface area contributed by atoms with Crippen LogP contribution in [0.1, 0.15) is 24.5 Å². The molecule has 0 aliphatic rings. The Morgan fingerprint density at radius 3 is 2.40 bits per heavy atom. The molecule has 3 nitrogen and oxygen atoms in total. The van der Waals surface area contributed by atoms with Crippen molar-refractivity contribution in [1.82, 2.24) is 0 Å². The smallest absolute Gasteiger partial charge is 0.224 e. The normalized spacial score (nSPS) is 10.1. The third kappa shape index (κ3) is 3.60. The van der Waals surface area contributed by atoms with E-state index in [1.54, 1.807) is 0 Å². The van der Waals surface area contributed by atoms with Crippen LogP contribution in [0.25, 0.3) is 0 Å². The van der Waals surface area contributed by atoms with Gasteiger partial charge >= 0.3 is 0 Å². The number of hydrogen-bond acceptors (Lipinski definition) is 2. The molecule has 0 atom stereocenters. The summed E-state index contributed by atoms with van der Waals surface area (Å²) in [6, 6.07) is 16.2. The summed E-state index contributed by atoms with van der Waals surface area (Å²) >= 11 is 0. The lowest BCUT2D eigenvalue weighted by molar-refractivity contribution is -0.115. The average molecular weight is 268 g/mol. The quantitative estimate of drug-likeness (QED) is 0.862. The second kappa shape index (κ2) is 6.75. The number of carbonyl (C=O) groups excluding carboxylic acids is 1. The Balaban J connectivity index is 2.08. The molecule has 0 saturated carbocycles. The van der Waals surface area contributed by atoms with Crippen LogP contribution in [0.15, 0.2) is 48.5 Å². The van der Waals surface area contributed by atoms with Crippen LogP contribution in [-0.4, -0.2) is 5.91 Å². The summed E-state index contributed by atoms with van der Waals surface area (Å²) in [6.45, 7) is 4.63. The summed E-state index contributed by atoms with van der Waals surface area (Å²) in [4.78, 5) is 11.5. The average Bonchev–Trinajstić information content (AvgIpc) is 2.49. The first-order valence-corrected chi connectivity index (χ1v) is 6.88. The lowest BCUT2D eigenvalue weighted by Gasteiger charge is -2.14. The standard InChI is InChI=1S/C17H20N2O/c1-3-17(20)19-16-11-7-10-15(13(16)2)18-12-14-8-5-4-6-9-14/h4-11,18H,3,12H2,1-2H3,(H,19,20). The van der Waals surface area contributed by atoms with E-state index in [2.05, 4.69) is 22.8 Å². The van der Waals surface area contributed by atoms with Crippen molar-refractivity contribution in [3.05, 3.63) is 59.7 Å². The number of rotatable bonds is 5. The summed E-state index contributed by atoms with van der Waals surface area (Å²) in [5.74, 6) is 0.0355. The van der Waals surface area contributed by atoms with E-state index in [4.69, 9.17) is 0 Å². The summed E-state index contributed by atoms with van der Waals surface area (Å²) in [7, 11) is 0. The Morgan fingerprint density at radius 2 is 1.70 bits per heavy atom. The van der Waals surface area contributed by atoms with Crippen molar-refractivity contribution >= 4 is 17.3 Å². The van der Waals surface area contributed by atoms with Crippen LogP contribution in [0.3, 0.4) is 0 Å². The van der Waals surface area contributed by atoms with Gasteiger partial charge < -0.3 is 10.6 Å². The van der Waals surface area contributed by atoms with E-state index in [0.717, 1.165) is 23.5 Å². The highest BCUT2D eigenvalue weighted by atomic mass is 16.1. The van der Waals surface area contributed by atoms with E-state index in [1.807, 2.05) is 50.2 Å². The molecule has 2 aromatic carbocycles. The first-order chi connectivity index (χ1) is 9.70. The Bertz CT molecular complexity index is 579. The molecule has 3 heteroatoms. The minimum atomic E-state index is 0.0355. The monoisotopic (exact) mass is 268 g/mol. The van der Waals surface area contributed by atoms with E-state index < -0.39 is 0 Å². The van der Waals surface area contributed by atoms with Crippen molar-refractivity contribution in [1.29, 1.82) is 0 Å². The summed E-state index contributed by atoms with van der Waals surface area (Å²) in [5, 5.41) is 6.33. The predicted octanol–water partition coefficient (Wildman–Crippen LogP) is 3.96. The molecule has 0 radical (unpaired) electrons. The van der Waals surface area contributed by atoms with E-state index in [9.17, 15) is 4.79 Å². The molecule has 0 fully saturated rings. The minimum Gasteiger partial charge on any atom is -0.381 e. The van der Waals surface area contributed by atoms with Gasteiger partial charge in [-0.3, -0.25) is 4.79 Å². The van der Waals surface area contributed by atoms with Gasteiger partial charge in [0.2, 0.25) is 5.91 Å². The molecule has 20 heavy (non-hydrogen) atoms. The van der Waals surface area contributed by atoms with Gasteiger partial charge in [0, 0.05) is 24.3 Å². The molecule has 0 aromatic heterocycles. The van der Waals surface area contributed by atoms with E-state index in [1.165, 1.54) is 5.56 Å². The van der Waals surface area contributed by atoms with Gasteiger partial charge in [0.05, 0.1) is 0 Å². The molecule has 2 N–H and O–H groups in total. The van der Waals surface area contributed by atoms with Crippen LogP contribution in [0, 0.1) is 6.92 Å². The van der Waals surface area contributed by atoms with Gasteiger partial charge in [-0.25, -0.2) is 0 Å². The first-order valence-electron chi connectivity index (χ1n) is 6.88. The van der Waals surface area contributed by atoms with Gasteiger partial charge in [0.1, 0.15) is 0 Å². The number of nitrogens with one attached hydrogen (secondary N) is 2. The Morgan fingerprint density at radius 1 is 1.00 bits per heavy atom. The Hall–Kier alpha value is -2.29. The van der Waals surface area contributed by atoms with Crippen LogP contribution in [0.2, 0.25) is 0 Å². The maximum atomic E-state index is 11.5. The Kier molecular flexibility index (Phi) is 4.77. The van der Waals surface area contributed by atoms with E-state index in [-0.39, 0.29) is 5.91 Å². The molecule has 0 unspecified atom stereocenters. The number of hydrogen-bond donors (Lipinski definition) is 2. The van der Waals surface area contributed by atoms with E-state index in [0.29, 0.717) is 6.42 Å². The van der Waals surface area contributed by atoms with Crippen LogP contribution in [-0.2, 0) is 11.3 Å². The lowest BCUT2D eigenvalue weighted by atomic mass is 10.1. The summed E-state index contributed by atoms with van der Waals surface area (Å²) in [5.41, 5.74) is 4.21. The largest absolute Gasteiger partial charge is 0.381 e. The molecule has 0 spiro atoms. The molecular formula is C17H20N2O. The molecule has 0 heterocycles. The number of benzene rings is 2. The highest BCUT2D eigenvalue weighted by Gasteiger charge is 2.06. The number of anilines is 2. The maximum absolute atomic E-state index is 11.5. The predicted molar refractivity (Wildman–Crippen MR) is 83.9 cm³/mol. The van der Waals surface area contributed by atoms with Crippen molar-refractivity contribution < 1.29 is 4.79 Å². The second-order valence-corrected chi connectivity index (χ2v) is 4.72. The van der Waals surface area contributed by atoms with Gasteiger partial charge in [-0.2, -0.15) is 0 Å². The topological polar surface area (TPSA) is 41.1 Å². The van der Waals surface area contributed by atoms with Crippen LogP contribution >= 0.6 is 0 Å². The van der Waals surface area contributed by atoms with Gasteiger partial charge in [-0.1, -0.05) is 43.3 Å². The molecule has 0 bridgehead atoms. The molecule has 0 aliphatic carbocycles. The zero-order valence-corrected chi connectivity index (χ0v) is 11.9. The third-order valence-electron chi connectivity index (χ3n) is 3.25. The Labute approximate surface area is 120 Å². The van der Waals surface area contributed by atoms with Crippen molar-refractivity contribution in [3.8, 4) is 0 Å². The molecule has 1 amide bonds. The molecular weight excluding hydrogens is 248 g/mol. The minimum absolute atomic E-state index is 0.0355. The van der Waals surface area contributed by atoms with Gasteiger partial charge in [-0.15, -0.1) is 0 Å². The summed E-state index contributed by atoms with van der Waals surface area (Å²) in [6.07, 6.45) is 0.487. The van der Waals surface area contributed by atoms with Crippen molar-refractivity contribution in [2.45, 2.75) is 26.8 Å². The first kappa shape index (κ1) is 14.1. The van der Waals surface area contributed by atoms with Crippen molar-refractivity contribution in [3.63, 3.8) is 0 Å². The zero-order chi connectivity index (χ0) is 14.4. The van der Waals surface area contributed by atoms with Gasteiger partial charge in [0.15, 0.2) is 0 Å². The summed E-state index contributed by atoms with van der Waals surface area (Å²) < 4.78 is 0. The highest BCUT2D eigenvalue weighted by molar-refractivity contribution is 5.92. The fourth-order valence-corrected chi connectivity index (χ4v) is 1.99. The van der Waals surface area contributed by atoms with Gasteiger partial charge in [0.25, 0.3) is 0 Å². The van der Waals surface area contributed by atoms with Crippen LogP contribution in [0.4, 0.5) is 11.4 Å². The number of amides is 1. The molecule has 0 saturated heterocycles. The molecule has 0 aliphatic heterocycles. The number of carbonyl (C=O) groups is 1. The highest BCUT2D eigenvalue weighted by Crippen LogP contribution is 2.24. The lowest BCUT2D eigenvalue weighted by Crippen LogP contribution is -2.11. The van der Waals surface area contributed by atoms with Crippen molar-refractivity contribution in [2.75, 3.05) is 10.6 Å². The van der Waals surface area contributed by atoms with Crippen LogP contribution < -0.4 is 10.6 Å². The molecule has 2 aromatic rings. The third-order valence-corrected chi connectivity index (χ3v) is 3.25. The van der Waals surface area contributed by atoms with Gasteiger partial charge in [-0.05, 0) is 30.2 Å². The zero-order valence-electron chi connectivity index (χ0n) is 11.9. The fraction of sp³-hybridized carbons (Fsp3) is 0.235. The fourth-order valence-electron chi connectivity index (χ4n) is 1.99. The second-order valence-electron chi connectivity index (χ2n) is 4.72. The van der Waals surface area contributed by atoms with Crippen LogP contribution in [0.5, 0.6) is 0 Å². The maximum Gasteiger partial charge on any atom is 0.224 e.